The third-order valence-corrected chi connectivity index (χ3v) is 5.72. The Balaban J connectivity index is 2.52. The minimum Gasteiger partial charge on any atom is -0.366 e. The zero-order valence-electron chi connectivity index (χ0n) is 12.1. The van der Waals surface area contributed by atoms with Crippen LogP contribution in [0.1, 0.15) is 19.4 Å². The second-order valence-corrected chi connectivity index (χ2v) is 8.43. The number of nitrogens with two attached hydrogens (primary N) is 1. The number of carbonyl (C=O) groups excluding carboxylic acids is 1. The number of rotatable bonds is 4. The molecule has 9 heteroatoms. The number of hydrogen-bond acceptors (Lipinski definition) is 5. The monoisotopic (exact) mass is 364 g/mol. The highest BCUT2D eigenvalue weighted by molar-refractivity contribution is 8.13. The molecule has 1 amide bonds. The molecule has 0 saturated carbocycles. The maximum Gasteiger partial charge on any atom is 0.284 e. The van der Waals surface area contributed by atoms with E-state index in [0.717, 1.165) is 11.8 Å². The molecule has 3 N–H and O–H groups in total. The largest absolute Gasteiger partial charge is 0.366 e. The van der Waals surface area contributed by atoms with Gasteiger partial charge >= 0.3 is 0 Å². The minimum atomic E-state index is -4.02. The van der Waals surface area contributed by atoms with Crippen molar-refractivity contribution in [2.45, 2.75) is 24.5 Å². The molecule has 1 unspecified atom stereocenters. The van der Waals surface area contributed by atoms with Gasteiger partial charge in [-0.3, -0.25) is 4.79 Å². The Labute approximate surface area is 138 Å². The lowest BCUT2D eigenvalue weighted by atomic mass is 10.0. The van der Waals surface area contributed by atoms with Crippen LogP contribution in [-0.2, 0) is 15.7 Å². The van der Waals surface area contributed by atoms with Crippen LogP contribution in [0.4, 0.5) is 4.79 Å². The number of sulfonamides is 1. The van der Waals surface area contributed by atoms with Crippen molar-refractivity contribution in [3.63, 3.8) is 0 Å². The molecule has 0 spiro atoms. The van der Waals surface area contributed by atoms with Crippen LogP contribution in [0.2, 0.25) is 5.02 Å². The van der Waals surface area contributed by atoms with Gasteiger partial charge in [0.2, 0.25) is 10.0 Å². The van der Waals surface area contributed by atoms with Crippen LogP contribution in [0.3, 0.4) is 0 Å². The summed E-state index contributed by atoms with van der Waals surface area (Å²) in [6.45, 7) is 4.21. The molecule has 6 nitrogen and oxygen atoms in total. The third-order valence-electron chi connectivity index (χ3n) is 3.31. The predicted molar refractivity (Wildman–Crippen MR) is 86.1 cm³/mol. The molecule has 0 bridgehead atoms. The number of nitrogens with zero attached hydrogens (tertiary/aromatic N) is 1. The average Bonchev–Trinajstić information content (AvgIpc) is 2.67. The lowest BCUT2D eigenvalue weighted by Gasteiger charge is -2.34. The minimum absolute atomic E-state index is 0.0257. The van der Waals surface area contributed by atoms with E-state index in [0.29, 0.717) is 6.54 Å². The van der Waals surface area contributed by atoms with Crippen molar-refractivity contribution >= 4 is 38.6 Å². The number of carbonyl (C=O) groups is 1. The summed E-state index contributed by atoms with van der Waals surface area (Å²) in [4.78, 5) is 13.1. The molecule has 1 atom stereocenters. The maximum absolute atomic E-state index is 12.0. The quantitative estimate of drug-likeness (QED) is 0.850. The van der Waals surface area contributed by atoms with Gasteiger partial charge in [-0.25, -0.2) is 13.6 Å². The lowest BCUT2D eigenvalue weighted by Crippen LogP contribution is -2.46. The van der Waals surface area contributed by atoms with Gasteiger partial charge in [0.05, 0.1) is 10.8 Å². The molecular weight excluding hydrogens is 348 g/mol. The summed E-state index contributed by atoms with van der Waals surface area (Å²) >= 11 is 6.85. The van der Waals surface area contributed by atoms with E-state index in [4.69, 9.17) is 16.7 Å². The van der Waals surface area contributed by atoms with E-state index in [1.807, 2.05) is 13.8 Å². The van der Waals surface area contributed by atoms with E-state index in [-0.39, 0.29) is 32.4 Å². The Morgan fingerprint density at radius 3 is 2.68 bits per heavy atom. The Morgan fingerprint density at radius 1 is 1.50 bits per heavy atom. The highest BCUT2D eigenvalue weighted by atomic mass is 35.5. The fraction of sp³-hybridized carbons (Fsp3) is 0.462. The molecule has 0 radical (unpaired) electrons. The molecule has 22 heavy (non-hydrogen) atoms. The third kappa shape index (κ3) is 3.26. The fourth-order valence-electron chi connectivity index (χ4n) is 2.27. The van der Waals surface area contributed by atoms with Crippen LogP contribution in [-0.4, -0.2) is 36.0 Å². The van der Waals surface area contributed by atoms with E-state index in [1.165, 1.54) is 23.1 Å². The van der Waals surface area contributed by atoms with Gasteiger partial charge in [0.25, 0.3) is 5.24 Å². The normalized spacial score (nSPS) is 22.6. The number of hydrogen-bond donors (Lipinski definition) is 2. The summed E-state index contributed by atoms with van der Waals surface area (Å²) in [5, 5.41) is 15.8. The standard InChI is InChI=1S/C13H17ClN2O4S2/c1-8(2)6-16-12(17)21-7-13(16,18)9-3-4-10(14)11(5-9)22(15,19)20/h3-5,8,18H,6-7H2,1-2H3,(H2,15,19,20). The average molecular weight is 365 g/mol. The maximum atomic E-state index is 12.0. The number of amides is 1. The zero-order chi connectivity index (χ0) is 16.7. The van der Waals surface area contributed by atoms with Crippen LogP contribution in [0.15, 0.2) is 23.1 Å². The van der Waals surface area contributed by atoms with Gasteiger partial charge in [-0.2, -0.15) is 0 Å². The first-order valence-corrected chi connectivity index (χ1v) is 9.46. The van der Waals surface area contributed by atoms with Crippen molar-refractivity contribution in [1.82, 2.24) is 4.90 Å². The molecule has 1 saturated heterocycles. The van der Waals surface area contributed by atoms with Gasteiger partial charge in [-0.15, -0.1) is 0 Å². The van der Waals surface area contributed by atoms with Crippen molar-refractivity contribution < 1.29 is 18.3 Å². The highest BCUT2D eigenvalue weighted by Gasteiger charge is 2.46. The van der Waals surface area contributed by atoms with Crippen LogP contribution < -0.4 is 5.14 Å². The SMILES string of the molecule is CC(C)CN1C(=O)SCC1(O)c1ccc(Cl)c(S(N)(=O)=O)c1. The van der Waals surface area contributed by atoms with Gasteiger partial charge in [0, 0.05) is 12.1 Å². The first-order valence-electron chi connectivity index (χ1n) is 6.55. The molecule has 1 aromatic carbocycles. The second kappa shape index (κ2) is 6.01. The Morgan fingerprint density at radius 2 is 2.14 bits per heavy atom. The van der Waals surface area contributed by atoms with Crippen molar-refractivity contribution in [2.24, 2.45) is 11.1 Å². The first kappa shape index (κ1) is 17.6. The van der Waals surface area contributed by atoms with Crippen LogP contribution in [0, 0.1) is 5.92 Å². The van der Waals surface area contributed by atoms with Gasteiger partial charge < -0.3 is 10.0 Å². The zero-order valence-corrected chi connectivity index (χ0v) is 14.5. The summed E-state index contributed by atoms with van der Waals surface area (Å²) < 4.78 is 23.1. The van der Waals surface area contributed by atoms with Gasteiger partial charge in [0.1, 0.15) is 4.90 Å². The number of primary sulfonamides is 1. The molecule has 2 rings (SSSR count). The molecule has 1 aromatic rings. The number of thioether (sulfide) groups is 1. The van der Waals surface area contributed by atoms with E-state index >= 15 is 0 Å². The summed E-state index contributed by atoms with van der Waals surface area (Å²) in [7, 11) is -4.02. The second-order valence-electron chi connectivity index (χ2n) is 5.57. The van der Waals surface area contributed by atoms with Crippen LogP contribution in [0.5, 0.6) is 0 Å². The molecule has 0 aromatic heterocycles. The summed E-state index contributed by atoms with van der Waals surface area (Å²) in [5.41, 5.74) is -1.30. The van der Waals surface area contributed by atoms with Crippen molar-refractivity contribution in [1.29, 1.82) is 0 Å². The fourth-order valence-corrected chi connectivity index (χ4v) is 4.37. The van der Waals surface area contributed by atoms with E-state index in [1.54, 1.807) is 0 Å². The van der Waals surface area contributed by atoms with Crippen molar-refractivity contribution in [3.05, 3.63) is 28.8 Å². The smallest absolute Gasteiger partial charge is 0.284 e. The summed E-state index contributed by atoms with van der Waals surface area (Å²) in [5.74, 6) is 0.267. The van der Waals surface area contributed by atoms with Crippen molar-refractivity contribution in [2.75, 3.05) is 12.3 Å². The highest BCUT2D eigenvalue weighted by Crippen LogP contribution is 2.40. The molecule has 1 aliphatic rings. The molecule has 122 valence electrons. The summed E-state index contributed by atoms with van der Waals surface area (Å²) in [6, 6.07) is 4.09. The van der Waals surface area contributed by atoms with E-state index in [2.05, 4.69) is 0 Å². The van der Waals surface area contributed by atoms with Gasteiger partial charge in [0.15, 0.2) is 5.72 Å². The molecular formula is C13H17ClN2O4S2. The van der Waals surface area contributed by atoms with Crippen molar-refractivity contribution in [3.8, 4) is 0 Å². The van der Waals surface area contributed by atoms with Crippen LogP contribution >= 0.6 is 23.4 Å². The lowest BCUT2D eigenvalue weighted by molar-refractivity contribution is -0.0606. The first-order chi connectivity index (χ1) is 10.1. The molecule has 1 heterocycles. The molecule has 1 fully saturated rings. The number of aliphatic hydroxyl groups is 1. The molecule has 0 aliphatic carbocycles. The number of halogens is 1. The number of benzene rings is 1. The Bertz CT molecular complexity index is 708. The topological polar surface area (TPSA) is 101 Å². The van der Waals surface area contributed by atoms with Crippen LogP contribution in [0.25, 0.3) is 0 Å². The van der Waals surface area contributed by atoms with Gasteiger partial charge in [-0.1, -0.05) is 43.3 Å². The van der Waals surface area contributed by atoms with Gasteiger partial charge in [-0.05, 0) is 18.1 Å². The van der Waals surface area contributed by atoms with E-state index in [9.17, 15) is 18.3 Å². The molecule has 1 aliphatic heterocycles. The Hall–Kier alpha value is -0.800. The van der Waals surface area contributed by atoms with E-state index < -0.39 is 15.7 Å². The Kier molecular flexibility index (Phi) is 4.79. The summed E-state index contributed by atoms with van der Waals surface area (Å²) in [6.07, 6.45) is 0. The predicted octanol–water partition coefficient (Wildman–Crippen LogP) is 1.96.